The molecule has 0 saturated heterocycles. The van der Waals surface area contributed by atoms with E-state index in [1.807, 2.05) is 12.4 Å². The predicted octanol–water partition coefficient (Wildman–Crippen LogP) is 2.05. The van der Waals surface area contributed by atoms with E-state index in [2.05, 4.69) is 32.2 Å². The zero-order chi connectivity index (χ0) is 6.91. The Balaban J connectivity index is 2.73. The molecule has 1 rings (SSSR count). The molecule has 0 aromatic rings. The Morgan fingerprint density at radius 3 is 2.22 bits per heavy atom. The standard InChI is InChI=1S/C8H12N/c1-8(2,3)7-4-5-9-6-7/h4-6H,1-3H3. The first kappa shape index (κ1) is 6.40. The van der Waals surface area contributed by atoms with Crippen LogP contribution < -0.4 is 5.32 Å². The first-order chi connectivity index (χ1) is 4.11. The zero-order valence-corrected chi connectivity index (χ0v) is 6.18. The van der Waals surface area contributed by atoms with Crippen molar-refractivity contribution in [3.8, 4) is 0 Å². The summed E-state index contributed by atoms with van der Waals surface area (Å²) in [4.78, 5) is 0. The lowest BCUT2D eigenvalue weighted by atomic mass is 9.88. The van der Waals surface area contributed by atoms with E-state index in [-0.39, 0.29) is 5.41 Å². The highest BCUT2D eigenvalue weighted by Gasteiger charge is 2.15. The maximum Gasteiger partial charge on any atom is 0.0305 e. The minimum absolute atomic E-state index is 0.260. The van der Waals surface area contributed by atoms with Gasteiger partial charge in [0.15, 0.2) is 0 Å². The summed E-state index contributed by atoms with van der Waals surface area (Å²) in [6, 6.07) is 0. The van der Waals surface area contributed by atoms with Crippen LogP contribution in [0.3, 0.4) is 0 Å². The molecular weight excluding hydrogens is 110 g/mol. The quantitative estimate of drug-likeness (QED) is 0.467. The Morgan fingerprint density at radius 2 is 2.00 bits per heavy atom. The molecule has 0 amide bonds. The van der Waals surface area contributed by atoms with Crippen molar-refractivity contribution in [3.05, 3.63) is 24.0 Å². The first-order valence-electron chi connectivity index (χ1n) is 3.18. The summed E-state index contributed by atoms with van der Waals surface area (Å²) in [6.45, 7) is 6.55. The Morgan fingerprint density at radius 1 is 1.33 bits per heavy atom. The van der Waals surface area contributed by atoms with E-state index in [1.165, 1.54) is 5.57 Å². The highest BCUT2D eigenvalue weighted by Crippen LogP contribution is 2.27. The summed E-state index contributed by atoms with van der Waals surface area (Å²) in [6.07, 6.45) is 5.81. The van der Waals surface area contributed by atoms with Crippen molar-refractivity contribution in [1.82, 2.24) is 5.32 Å². The van der Waals surface area contributed by atoms with E-state index in [9.17, 15) is 0 Å². The van der Waals surface area contributed by atoms with Crippen LogP contribution in [0.25, 0.3) is 0 Å². The van der Waals surface area contributed by atoms with Crippen molar-refractivity contribution in [1.29, 1.82) is 0 Å². The normalized spacial score (nSPS) is 17.4. The molecule has 1 heterocycles. The van der Waals surface area contributed by atoms with E-state index in [0.717, 1.165) is 0 Å². The molecule has 0 atom stereocenters. The lowest BCUT2D eigenvalue weighted by Crippen LogP contribution is -2.06. The first-order valence-corrected chi connectivity index (χ1v) is 3.18. The van der Waals surface area contributed by atoms with Gasteiger partial charge in [0.2, 0.25) is 0 Å². The van der Waals surface area contributed by atoms with Gasteiger partial charge in [-0.1, -0.05) is 20.8 Å². The molecule has 0 bridgehead atoms. The van der Waals surface area contributed by atoms with E-state index in [0.29, 0.717) is 0 Å². The van der Waals surface area contributed by atoms with Crippen molar-refractivity contribution in [2.45, 2.75) is 20.8 Å². The highest BCUT2D eigenvalue weighted by atomic mass is 14.8. The monoisotopic (exact) mass is 122 g/mol. The third-order valence-corrected chi connectivity index (χ3v) is 1.42. The molecule has 1 nitrogen and oxygen atoms in total. The van der Waals surface area contributed by atoms with Gasteiger partial charge in [-0.3, -0.25) is 5.32 Å². The van der Waals surface area contributed by atoms with Crippen LogP contribution in [0.15, 0.2) is 24.0 Å². The smallest absolute Gasteiger partial charge is 0.0305 e. The van der Waals surface area contributed by atoms with Crippen molar-refractivity contribution >= 4 is 0 Å². The van der Waals surface area contributed by atoms with Gasteiger partial charge in [0.05, 0.1) is 0 Å². The fourth-order valence-electron chi connectivity index (χ4n) is 0.733. The number of allylic oxidation sites excluding steroid dienone is 2. The SMILES string of the molecule is CC(C)(C)C1=C[N]C=C1. The van der Waals surface area contributed by atoms with Crippen LogP contribution >= 0.6 is 0 Å². The fraction of sp³-hybridized carbons (Fsp3) is 0.500. The number of hydrogen-bond acceptors (Lipinski definition) is 0. The molecule has 0 fully saturated rings. The van der Waals surface area contributed by atoms with Gasteiger partial charge in [-0.05, 0) is 17.1 Å². The second kappa shape index (κ2) is 1.90. The van der Waals surface area contributed by atoms with Gasteiger partial charge in [-0.25, -0.2) is 0 Å². The lowest BCUT2D eigenvalue weighted by molar-refractivity contribution is 0.517. The summed E-state index contributed by atoms with van der Waals surface area (Å²) in [5.74, 6) is 0. The molecule has 9 heavy (non-hydrogen) atoms. The van der Waals surface area contributed by atoms with Crippen molar-refractivity contribution in [2.24, 2.45) is 5.41 Å². The summed E-state index contributed by atoms with van der Waals surface area (Å²) in [7, 11) is 0. The predicted molar refractivity (Wildman–Crippen MR) is 38.8 cm³/mol. The number of nitrogens with zero attached hydrogens (tertiary/aromatic N) is 1. The Hall–Kier alpha value is -0.720. The molecule has 1 aliphatic rings. The Bertz CT molecular complexity index is 158. The van der Waals surface area contributed by atoms with Crippen LogP contribution in [0.5, 0.6) is 0 Å². The van der Waals surface area contributed by atoms with E-state index in [4.69, 9.17) is 0 Å². The molecular formula is C8H12N. The molecule has 0 aromatic heterocycles. The van der Waals surface area contributed by atoms with Crippen molar-refractivity contribution in [3.63, 3.8) is 0 Å². The Kier molecular flexibility index (Phi) is 1.35. The fourth-order valence-corrected chi connectivity index (χ4v) is 0.733. The van der Waals surface area contributed by atoms with Gasteiger partial charge >= 0.3 is 0 Å². The highest BCUT2D eigenvalue weighted by molar-refractivity contribution is 5.28. The second-order valence-corrected chi connectivity index (χ2v) is 3.30. The van der Waals surface area contributed by atoms with Gasteiger partial charge in [-0.15, -0.1) is 0 Å². The summed E-state index contributed by atoms with van der Waals surface area (Å²) in [5.41, 5.74) is 1.57. The lowest BCUT2D eigenvalue weighted by Gasteiger charge is -2.16. The van der Waals surface area contributed by atoms with Crippen LogP contribution in [0, 0.1) is 5.41 Å². The average Bonchev–Trinajstić information content (AvgIpc) is 2.08. The largest absolute Gasteiger partial charge is 0.264 e. The van der Waals surface area contributed by atoms with Gasteiger partial charge < -0.3 is 0 Å². The Labute approximate surface area is 56.5 Å². The van der Waals surface area contributed by atoms with Gasteiger partial charge in [0, 0.05) is 12.4 Å². The maximum atomic E-state index is 3.99. The van der Waals surface area contributed by atoms with E-state index >= 15 is 0 Å². The molecule has 0 aliphatic carbocycles. The summed E-state index contributed by atoms with van der Waals surface area (Å²) in [5, 5.41) is 3.99. The van der Waals surface area contributed by atoms with Crippen LogP contribution in [0.4, 0.5) is 0 Å². The third-order valence-electron chi connectivity index (χ3n) is 1.42. The molecule has 0 N–H and O–H groups in total. The minimum atomic E-state index is 0.260. The second-order valence-electron chi connectivity index (χ2n) is 3.30. The summed E-state index contributed by atoms with van der Waals surface area (Å²) >= 11 is 0. The van der Waals surface area contributed by atoms with E-state index < -0.39 is 0 Å². The van der Waals surface area contributed by atoms with Crippen LogP contribution in [0.1, 0.15) is 20.8 Å². The molecule has 49 valence electrons. The molecule has 0 spiro atoms. The maximum absolute atomic E-state index is 3.99. The molecule has 0 aromatic carbocycles. The zero-order valence-electron chi connectivity index (χ0n) is 6.18. The van der Waals surface area contributed by atoms with Crippen molar-refractivity contribution in [2.75, 3.05) is 0 Å². The number of rotatable bonds is 0. The van der Waals surface area contributed by atoms with E-state index in [1.54, 1.807) is 0 Å². The minimum Gasteiger partial charge on any atom is -0.264 e. The van der Waals surface area contributed by atoms with Crippen LogP contribution in [-0.2, 0) is 0 Å². The number of hydrogen-bond donors (Lipinski definition) is 0. The molecule has 1 radical (unpaired) electrons. The topological polar surface area (TPSA) is 14.1 Å². The molecule has 0 unspecified atom stereocenters. The van der Waals surface area contributed by atoms with Crippen LogP contribution in [-0.4, -0.2) is 0 Å². The van der Waals surface area contributed by atoms with Gasteiger partial charge in [0.25, 0.3) is 0 Å². The van der Waals surface area contributed by atoms with Crippen LogP contribution in [0.2, 0.25) is 0 Å². The average molecular weight is 122 g/mol. The molecule has 1 aliphatic heterocycles. The van der Waals surface area contributed by atoms with Gasteiger partial charge in [0.1, 0.15) is 0 Å². The molecule has 1 heteroatoms. The summed E-state index contributed by atoms with van der Waals surface area (Å²) < 4.78 is 0. The molecule has 0 saturated carbocycles. The third kappa shape index (κ3) is 1.35. The van der Waals surface area contributed by atoms with Gasteiger partial charge in [-0.2, -0.15) is 0 Å². The van der Waals surface area contributed by atoms with Crippen molar-refractivity contribution < 1.29 is 0 Å².